The van der Waals surface area contributed by atoms with Crippen molar-refractivity contribution in [1.82, 2.24) is 4.90 Å². The molecule has 1 heterocycles. The molecule has 0 bridgehead atoms. The Labute approximate surface area is 147 Å². The van der Waals surface area contributed by atoms with Crippen molar-refractivity contribution in [3.63, 3.8) is 0 Å². The van der Waals surface area contributed by atoms with Gasteiger partial charge in [-0.15, -0.1) is 0 Å². The van der Waals surface area contributed by atoms with Crippen LogP contribution in [0.1, 0.15) is 50.6 Å². The number of rotatable bonds is 8. The normalized spacial score (nSPS) is 18.7. The number of nitrogens with zero attached hydrogens (tertiary/aromatic N) is 1. The number of hydrogen-bond donors (Lipinski definition) is 0. The molecule has 0 N–H and O–H groups in total. The molecular weight excluding hydrogens is 326 g/mol. The molecule has 2 rings (SSSR count). The zero-order valence-corrected chi connectivity index (χ0v) is 15.9. The zero-order chi connectivity index (χ0) is 16.7. The number of carbonyl (C=O) groups is 1. The zero-order valence-electron chi connectivity index (χ0n) is 14.3. The van der Waals surface area contributed by atoms with Crippen LogP contribution in [0.15, 0.2) is 24.3 Å². The summed E-state index contributed by atoms with van der Waals surface area (Å²) in [4.78, 5) is 14.3. The molecule has 0 aliphatic carbocycles. The van der Waals surface area contributed by atoms with Gasteiger partial charge in [-0.3, -0.25) is 4.79 Å². The van der Waals surface area contributed by atoms with E-state index in [4.69, 9.17) is 4.74 Å². The van der Waals surface area contributed by atoms with Crippen LogP contribution in [-0.4, -0.2) is 36.0 Å². The Balaban J connectivity index is 1.78. The summed E-state index contributed by atoms with van der Waals surface area (Å²) < 4.78 is 5.41. The molecule has 1 aromatic carbocycles. The van der Waals surface area contributed by atoms with Gasteiger partial charge >= 0.3 is 0 Å². The van der Waals surface area contributed by atoms with Gasteiger partial charge in [0.05, 0.1) is 13.2 Å². The van der Waals surface area contributed by atoms with E-state index in [9.17, 15) is 4.79 Å². The molecule has 2 atom stereocenters. The van der Waals surface area contributed by atoms with Crippen LogP contribution in [0.2, 0.25) is 0 Å². The molecule has 0 radical (unpaired) electrons. The average Bonchev–Trinajstić information content (AvgIpc) is 3.10. The Morgan fingerprint density at radius 2 is 2.17 bits per heavy atom. The lowest BCUT2D eigenvalue weighted by Gasteiger charge is -2.26. The molecule has 23 heavy (non-hydrogen) atoms. The highest BCUT2D eigenvalue weighted by Crippen LogP contribution is 2.40. The van der Waals surface area contributed by atoms with Crippen LogP contribution in [-0.2, 0) is 4.79 Å². The summed E-state index contributed by atoms with van der Waals surface area (Å²) in [5.74, 6) is 2.35. The maximum absolute atomic E-state index is 12.4. The first-order valence-corrected chi connectivity index (χ1v) is 10.7. The van der Waals surface area contributed by atoms with Gasteiger partial charge in [0.15, 0.2) is 0 Å². The van der Waals surface area contributed by atoms with Crippen LogP contribution in [0.4, 0.5) is 0 Å². The number of amides is 1. The predicted molar refractivity (Wildman–Crippen MR) is 101 cm³/mol. The molecule has 1 aliphatic heterocycles. The van der Waals surface area contributed by atoms with Gasteiger partial charge in [0.2, 0.25) is 5.91 Å². The van der Waals surface area contributed by atoms with Crippen molar-refractivity contribution in [2.75, 3.05) is 19.9 Å². The van der Waals surface area contributed by atoms with E-state index in [-0.39, 0.29) is 11.9 Å². The molecule has 128 valence electrons. The molecule has 1 saturated heterocycles. The molecule has 2 unspecified atom stereocenters. The van der Waals surface area contributed by atoms with Gasteiger partial charge in [0, 0.05) is 30.0 Å². The second-order valence-corrected chi connectivity index (χ2v) is 8.78. The van der Waals surface area contributed by atoms with E-state index in [0.29, 0.717) is 6.42 Å². The van der Waals surface area contributed by atoms with Crippen molar-refractivity contribution in [3.05, 3.63) is 29.8 Å². The third-order valence-electron chi connectivity index (χ3n) is 4.46. The first-order valence-electron chi connectivity index (χ1n) is 8.30. The molecule has 1 aromatic rings. The minimum atomic E-state index is 0.0282. The first kappa shape index (κ1) is 18.5. The van der Waals surface area contributed by atoms with Crippen LogP contribution in [0.3, 0.4) is 0 Å². The van der Waals surface area contributed by atoms with Crippen LogP contribution < -0.4 is 4.74 Å². The molecule has 5 heteroatoms. The Hall–Kier alpha value is -0.810. The number of methoxy groups -OCH3 is 1. The van der Waals surface area contributed by atoms with E-state index in [1.165, 1.54) is 18.6 Å². The van der Waals surface area contributed by atoms with Gasteiger partial charge in [-0.25, -0.2) is 0 Å². The number of benzene rings is 1. The number of para-hydroxylation sites is 1. The number of unbranched alkanes of at least 4 members (excludes halogenated alkanes) is 1. The lowest BCUT2D eigenvalue weighted by atomic mass is 10.0. The summed E-state index contributed by atoms with van der Waals surface area (Å²) in [5.41, 5.74) is 1.06. The minimum Gasteiger partial charge on any atom is -0.496 e. The summed E-state index contributed by atoms with van der Waals surface area (Å²) in [6.07, 6.45) is 5.36. The average molecular weight is 354 g/mol. The van der Waals surface area contributed by atoms with E-state index in [0.717, 1.165) is 29.4 Å². The van der Waals surface area contributed by atoms with Crippen LogP contribution in [0, 0.1) is 0 Å². The quantitative estimate of drug-likeness (QED) is 0.489. The van der Waals surface area contributed by atoms with Crippen molar-refractivity contribution < 1.29 is 9.53 Å². The van der Waals surface area contributed by atoms with Crippen LogP contribution in [0.25, 0.3) is 0 Å². The maximum Gasteiger partial charge on any atom is 0.222 e. The Morgan fingerprint density at radius 3 is 2.87 bits per heavy atom. The van der Waals surface area contributed by atoms with E-state index in [1.807, 2.05) is 57.8 Å². The highest BCUT2D eigenvalue weighted by molar-refractivity contribution is 8.77. The topological polar surface area (TPSA) is 29.5 Å². The van der Waals surface area contributed by atoms with E-state index >= 15 is 0 Å². The summed E-state index contributed by atoms with van der Waals surface area (Å²) >= 11 is 0. The summed E-state index contributed by atoms with van der Waals surface area (Å²) in [6.45, 7) is 2.06. The summed E-state index contributed by atoms with van der Waals surface area (Å²) in [6, 6.07) is 7.95. The van der Waals surface area contributed by atoms with E-state index in [1.54, 1.807) is 7.11 Å². The van der Waals surface area contributed by atoms with Gasteiger partial charge in [0.25, 0.3) is 0 Å². The van der Waals surface area contributed by atoms with Crippen molar-refractivity contribution >= 4 is 27.5 Å². The third kappa shape index (κ3) is 5.35. The minimum absolute atomic E-state index is 0.0282. The fourth-order valence-electron chi connectivity index (χ4n) is 2.83. The Kier molecular flexibility index (Phi) is 7.63. The highest BCUT2D eigenvalue weighted by atomic mass is 33.1. The summed E-state index contributed by atoms with van der Waals surface area (Å²) in [5, 5.41) is 0.806. The van der Waals surface area contributed by atoms with Crippen LogP contribution in [0.5, 0.6) is 5.75 Å². The smallest absolute Gasteiger partial charge is 0.222 e. The standard InChI is InChI=1S/C18H27NO2S2/c1-14(16-9-5-6-10-17(16)21-3)19(2)18(20)11-7-4-8-15-12-13-22-23-15/h5-6,9-10,14-15H,4,7-8,11-13H2,1-3H3. The monoisotopic (exact) mass is 353 g/mol. The highest BCUT2D eigenvalue weighted by Gasteiger charge is 2.20. The molecule has 3 nitrogen and oxygen atoms in total. The lowest BCUT2D eigenvalue weighted by molar-refractivity contribution is -0.131. The van der Waals surface area contributed by atoms with E-state index in [2.05, 4.69) is 6.92 Å². The number of hydrogen-bond acceptors (Lipinski definition) is 4. The number of carbonyl (C=O) groups excluding carboxylic acids is 1. The number of ether oxygens (including phenoxy) is 1. The van der Waals surface area contributed by atoms with Crippen LogP contribution >= 0.6 is 21.6 Å². The molecule has 1 aliphatic rings. The van der Waals surface area contributed by atoms with Gasteiger partial charge in [0.1, 0.15) is 5.75 Å². The van der Waals surface area contributed by atoms with Crippen molar-refractivity contribution in [2.24, 2.45) is 0 Å². The second-order valence-electron chi connectivity index (χ2n) is 6.00. The second kappa shape index (κ2) is 9.48. The SMILES string of the molecule is COc1ccccc1C(C)N(C)C(=O)CCCCC1CCSS1. The lowest BCUT2D eigenvalue weighted by Crippen LogP contribution is -2.29. The molecule has 0 aromatic heterocycles. The van der Waals surface area contributed by atoms with E-state index < -0.39 is 0 Å². The van der Waals surface area contributed by atoms with Gasteiger partial charge < -0.3 is 9.64 Å². The third-order valence-corrected chi connectivity index (χ3v) is 7.46. The van der Waals surface area contributed by atoms with Crippen molar-refractivity contribution in [1.29, 1.82) is 0 Å². The molecule has 0 saturated carbocycles. The maximum atomic E-state index is 12.4. The molecule has 1 fully saturated rings. The summed E-state index contributed by atoms with van der Waals surface area (Å²) in [7, 11) is 7.57. The fraction of sp³-hybridized carbons (Fsp3) is 0.611. The Bertz CT molecular complexity index is 504. The van der Waals surface area contributed by atoms with Crippen molar-refractivity contribution in [2.45, 2.75) is 50.3 Å². The van der Waals surface area contributed by atoms with Gasteiger partial charge in [-0.05, 0) is 32.3 Å². The first-order chi connectivity index (χ1) is 11.1. The molecule has 1 amide bonds. The Morgan fingerprint density at radius 1 is 1.39 bits per heavy atom. The van der Waals surface area contributed by atoms with Crippen molar-refractivity contribution in [3.8, 4) is 5.75 Å². The predicted octanol–water partition coefficient (Wildman–Crippen LogP) is 4.93. The van der Waals surface area contributed by atoms with Gasteiger partial charge in [-0.1, -0.05) is 46.2 Å². The molecular formula is C18H27NO2S2. The molecule has 0 spiro atoms. The fourth-order valence-corrected chi connectivity index (χ4v) is 5.85. The van der Waals surface area contributed by atoms with Gasteiger partial charge in [-0.2, -0.15) is 0 Å². The largest absolute Gasteiger partial charge is 0.496 e.